The van der Waals surface area contributed by atoms with Crippen LogP contribution in [-0.2, 0) is 4.74 Å². The van der Waals surface area contributed by atoms with Gasteiger partial charge in [0, 0.05) is 11.4 Å². The van der Waals surface area contributed by atoms with Crippen LogP contribution in [-0.4, -0.2) is 16.2 Å². The zero-order valence-corrected chi connectivity index (χ0v) is 12.4. The van der Waals surface area contributed by atoms with Gasteiger partial charge in [0.1, 0.15) is 0 Å². The van der Waals surface area contributed by atoms with Crippen molar-refractivity contribution >= 4 is 21.9 Å². The van der Waals surface area contributed by atoms with E-state index in [9.17, 15) is 4.79 Å². The molecule has 0 amide bonds. The van der Waals surface area contributed by atoms with Gasteiger partial charge >= 0.3 is 5.97 Å². The molecule has 0 saturated heterocycles. The van der Waals surface area contributed by atoms with E-state index in [0.29, 0.717) is 17.3 Å². The van der Waals surface area contributed by atoms with Crippen LogP contribution in [0.5, 0.6) is 0 Å². The number of ether oxygens (including phenoxy) is 1. The summed E-state index contributed by atoms with van der Waals surface area (Å²) in [6, 6.07) is 5.45. The second-order valence-electron chi connectivity index (χ2n) is 4.17. The number of esters is 1. The molecule has 1 aromatic carbocycles. The van der Waals surface area contributed by atoms with E-state index in [1.54, 1.807) is 19.9 Å². The Morgan fingerprint density at radius 2 is 2.11 bits per heavy atom. The predicted molar refractivity (Wildman–Crippen MR) is 71.7 cm³/mol. The topological polar surface area (TPSA) is 65.2 Å². The van der Waals surface area contributed by atoms with E-state index in [1.807, 2.05) is 19.1 Å². The summed E-state index contributed by atoms with van der Waals surface area (Å²) in [4.78, 5) is 12.1. The Morgan fingerprint density at radius 3 is 2.74 bits per heavy atom. The fourth-order valence-corrected chi connectivity index (χ4v) is 1.93. The van der Waals surface area contributed by atoms with Gasteiger partial charge < -0.3 is 9.15 Å². The maximum atomic E-state index is 12.1. The Labute approximate surface area is 119 Å². The molecule has 1 atom stereocenters. The molecule has 1 heterocycles. The van der Waals surface area contributed by atoms with Crippen LogP contribution in [0.4, 0.5) is 0 Å². The molecule has 0 saturated carbocycles. The number of halogens is 1. The number of aryl methyl sites for hydroxylation is 2. The molecule has 0 aliphatic heterocycles. The molecule has 0 spiro atoms. The van der Waals surface area contributed by atoms with Crippen molar-refractivity contribution in [1.29, 1.82) is 0 Å². The van der Waals surface area contributed by atoms with Crippen molar-refractivity contribution in [2.75, 3.05) is 0 Å². The summed E-state index contributed by atoms with van der Waals surface area (Å²) in [6.45, 7) is 5.23. The van der Waals surface area contributed by atoms with Crippen molar-refractivity contribution in [2.24, 2.45) is 0 Å². The first-order valence-corrected chi connectivity index (χ1v) is 6.54. The fourth-order valence-electron chi connectivity index (χ4n) is 1.56. The number of rotatable bonds is 3. The summed E-state index contributed by atoms with van der Waals surface area (Å²) in [5.74, 6) is 0.317. The van der Waals surface area contributed by atoms with Gasteiger partial charge in [-0.15, -0.1) is 10.2 Å². The first kappa shape index (κ1) is 13.7. The zero-order valence-electron chi connectivity index (χ0n) is 10.8. The average Bonchev–Trinajstić information content (AvgIpc) is 2.79. The second kappa shape index (κ2) is 5.52. The van der Waals surface area contributed by atoms with Gasteiger partial charge in [0.2, 0.25) is 5.89 Å². The Hall–Kier alpha value is -1.69. The van der Waals surface area contributed by atoms with E-state index in [0.717, 1.165) is 10.0 Å². The third-order valence-electron chi connectivity index (χ3n) is 2.59. The quantitative estimate of drug-likeness (QED) is 0.810. The van der Waals surface area contributed by atoms with E-state index >= 15 is 0 Å². The summed E-state index contributed by atoms with van der Waals surface area (Å²) >= 11 is 3.33. The monoisotopic (exact) mass is 324 g/mol. The minimum Gasteiger partial charge on any atom is -0.449 e. The van der Waals surface area contributed by atoms with Crippen molar-refractivity contribution in [3.63, 3.8) is 0 Å². The number of hydrogen-bond acceptors (Lipinski definition) is 5. The highest BCUT2D eigenvalue weighted by Crippen LogP contribution is 2.21. The Bertz CT molecular complexity index is 610. The minimum atomic E-state index is -0.577. The van der Waals surface area contributed by atoms with Crippen molar-refractivity contribution < 1.29 is 13.9 Å². The summed E-state index contributed by atoms with van der Waals surface area (Å²) in [5, 5.41) is 7.53. The molecule has 0 aliphatic rings. The third-order valence-corrected chi connectivity index (χ3v) is 3.09. The van der Waals surface area contributed by atoms with Crippen LogP contribution in [0.3, 0.4) is 0 Å². The van der Waals surface area contributed by atoms with Crippen LogP contribution in [0.25, 0.3) is 0 Å². The fraction of sp³-hybridized carbons (Fsp3) is 0.308. The smallest absolute Gasteiger partial charge is 0.339 e. The first-order chi connectivity index (χ1) is 8.97. The number of nitrogens with zero attached hydrogens (tertiary/aromatic N) is 2. The maximum Gasteiger partial charge on any atom is 0.339 e. The van der Waals surface area contributed by atoms with Gasteiger partial charge in [-0.2, -0.15) is 0 Å². The van der Waals surface area contributed by atoms with Crippen LogP contribution in [0.1, 0.15) is 40.7 Å². The molecule has 0 bridgehead atoms. The summed E-state index contributed by atoms with van der Waals surface area (Å²) in [5.41, 5.74) is 1.36. The predicted octanol–water partition coefficient (Wildman–Crippen LogP) is 3.37. The lowest BCUT2D eigenvalue weighted by atomic mass is 10.1. The number of aromatic nitrogens is 2. The molecule has 0 radical (unpaired) electrons. The molecule has 5 nitrogen and oxygen atoms in total. The molecule has 0 fully saturated rings. The molecule has 0 N–H and O–H groups in total. The Kier molecular flexibility index (Phi) is 3.99. The molecule has 2 aromatic rings. The lowest BCUT2D eigenvalue weighted by molar-refractivity contribution is 0.0276. The molecule has 1 unspecified atom stereocenters. The molecular weight excluding hydrogens is 312 g/mol. The average molecular weight is 325 g/mol. The third kappa shape index (κ3) is 3.20. The minimum absolute atomic E-state index is 0.290. The van der Waals surface area contributed by atoms with Gasteiger partial charge in [-0.3, -0.25) is 0 Å². The van der Waals surface area contributed by atoms with Gasteiger partial charge in [-0.1, -0.05) is 22.0 Å². The molecule has 0 aliphatic carbocycles. The summed E-state index contributed by atoms with van der Waals surface area (Å²) in [7, 11) is 0. The normalized spacial score (nSPS) is 12.2. The van der Waals surface area contributed by atoms with Crippen molar-refractivity contribution in [2.45, 2.75) is 26.9 Å². The molecule has 1 aromatic heterocycles. The van der Waals surface area contributed by atoms with Gasteiger partial charge in [-0.05, 0) is 31.5 Å². The van der Waals surface area contributed by atoms with Gasteiger partial charge in [0.05, 0.1) is 5.56 Å². The van der Waals surface area contributed by atoms with Crippen LogP contribution in [0, 0.1) is 13.8 Å². The first-order valence-electron chi connectivity index (χ1n) is 5.74. The number of carbonyl (C=O) groups is 1. The van der Waals surface area contributed by atoms with Crippen molar-refractivity contribution in [3.8, 4) is 0 Å². The standard InChI is InChI=1S/C13H13BrN2O3/c1-7-4-5-10(14)6-11(7)13(17)18-8(2)12-16-15-9(3)19-12/h4-6,8H,1-3H3. The number of carbonyl (C=O) groups excluding carboxylic acids is 1. The summed E-state index contributed by atoms with van der Waals surface area (Å²) < 4.78 is 11.4. The Morgan fingerprint density at radius 1 is 1.37 bits per heavy atom. The highest BCUT2D eigenvalue weighted by atomic mass is 79.9. The van der Waals surface area contributed by atoms with Gasteiger partial charge in [-0.25, -0.2) is 4.79 Å². The van der Waals surface area contributed by atoms with Gasteiger partial charge in [0.25, 0.3) is 5.89 Å². The van der Waals surface area contributed by atoms with Gasteiger partial charge in [0.15, 0.2) is 6.10 Å². The molecule has 100 valence electrons. The molecular formula is C13H13BrN2O3. The SMILES string of the molecule is Cc1nnc(C(C)OC(=O)c2cc(Br)ccc2C)o1. The van der Waals surface area contributed by atoms with Crippen molar-refractivity contribution in [1.82, 2.24) is 10.2 Å². The van der Waals surface area contributed by atoms with Crippen LogP contribution in [0.15, 0.2) is 27.1 Å². The van der Waals surface area contributed by atoms with Crippen LogP contribution >= 0.6 is 15.9 Å². The van der Waals surface area contributed by atoms with E-state index in [2.05, 4.69) is 26.1 Å². The largest absolute Gasteiger partial charge is 0.449 e. The van der Waals surface area contributed by atoms with Crippen molar-refractivity contribution in [3.05, 3.63) is 45.6 Å². The van der Waals surface area contributed by atoms with E-state index < -0.39 is 12.1 Å². The van der Waals surface area contributed by atoms with Crippen LogP contribution in [0.2, 0.25) is 0 Å². The van der Waals surface area contributed by atoms with E-state index in [4.69, 9.17) is 9.15 Å². The number of benzene rings is 1. The number of hydrogen-bond donors (Lipinski definition) is 0. The maximum absolute atomic E-state index is 12.1. The molecule has 6 heteroatoms. The highest BCUT2D eigenvalue weighted by Gasteiger charge is 2.19. The molecule has 19 heavy (non-hydrogen) atoms. The lowest BCUT2D eigenvalue weighted by Gasteiger charge is -2.11. The lowest BCUT2D eigenvalue weighted by Crippen LogP contribution is -2.11. The zero-order chi connectivity index (χ0) is 14.0. The van der Waals surface area contributed by atoms with E-state index in [1.165, 1.54) is 0 Å². The second-order valence-corrected chi connectivity index (χ2v) is 5.08. The molecule has 2 rings (SSSR count). The Balaban J connectivity index is 2.15. The van der Waals surface area contributed by atoms with E-state index in [-0.39, 0.29) is 0 Å². The van der Waals surface area contributed by atoms with Crippen LogP contribution < -0.4 is 0 Å². The summed E-state index contributed by atoms with van der Waals surface area (Å²) in [6.07, 6.45) is -0.577. The highest BCUT2D eigenvalue weighted by molar-refractivity contribution is 9.10.